The summed E-state index contributed by atoms with van der Waals surface area (Å²) in [7, 11) is 0. The van der Waals surface area contributed by atoms with Crippen molar-refractivity contribution in [1.82, 2.24) is 24.9 Å². The third-order valence-corrected chi connectivity index (χ3v) is 7.96. The maximum Gasteiger partial charge on any atom is 0.141 e. The minimum absolute atomic E-state index is 0.0134. The van der Waals surface area contributed by atoms with E-state index in [9.17, 15) is 9.65 Å². The van der Waals surface area contributed by atoms with Crippen molar-refractivity contribution in [3.8, 4) is 6.07 Å². The van der Waals surface area contributed by atoms with Crippen LogP contribution in [-0.2, 0) is 0 Å². The first kappa shape index (κ1) is 30.0. The van der Waals surface area contributed by atoms with Gasteiger partial charge in [-0.1, -0.05) is 54.6 Å². The zero-order chi connectivity index (χ0) is 30.3. The Balaban J connectivity index is 1.48. The van der Waals surface area contributed by atoms with Gasteiger partial charge in [0.1, 0.15) is 17.6 Å². The average molecular weight is 597 g/mol. The highest BCUT2D eigenvalue weighted by atomic mass is 35.5. The van der Waals surface area contributed by atoms with Gasteiger partial charge in [0.05, 0.1) is 40.1 Å². The van der Waals surface area contributed by atoms with Crippen molar-refractivity contribution >= 4 is 39.6 Å². The fraction of sp³-hybridized carbons (Fsp3) is 0.273. The molecule has 0 saturated carbocycles. The number of halogens is 2. The predicted molar refractivity (Wildman–Crippen MR) is 171 cm³/mol. The van der Waals surface area contributed by atoms with Gasteiger partial charge in [-0.05, 0) is 68.3 Å². The van der Waals surface area contributed by atoms with Gasteiger partial charge in [-0.3, -0.25) is 4.98 Å². The van der Waals surface area contributed by atoms with Crippen LogP contribution >= 0.6 is 11.6 Å². The molecule has 3 heterocycles. The van der Waals surface area contributed by atoms with Crippen LogP contribution in [0.15, 0.2) is 85.2 Å². The van der Waals surface area contributed by atoms with Gasteiger partial charge in [-0.2, -0.15) is 5.26 Å². The summed E-state index contributed by atoms with van der Waals surface area (Å²) in [5, 5.41) is 26.5. The van der Waals surface area contributed by atoms with Crippen LogP contribution < -0.4 is 10.6 Å². The van der Waals surface area contributed by atoms with E-state index >= 15 is 0 Å². The largest absolute Gasteiger partial charge is 0.373 e. The summed E-state index contributed by atoms with van der Waals surface area (Å²) in [4.78, 5) is 6.93. The minimum Gasteiger partial charge on any atom is -0.373 e. The Labute approximate surface area is 256 Å². The molecule has 2 aromatic carbocycles. The van der Waals surface area contributed by atoms with Gasteiger partial charge >= 0.3 is 0 Å². The molecule has 1 aliphatic heterocycles. The summed E-state index contributed by atoms with van der Waals surface area (Å²) in [5.74, 6) is -0.517. The van der Waals surface area contributed by atoms with E-state index in [1.165, 1.54) is 18.3 Å². The fourth-order valence-electron chi connectivity index (χ4n) is 5.23. The molecule has 2 aromatic heterocycles. The molecule has 1 saturated heterocycles. The van der Waals surface area contributed by atoms with Gasteiger partial charge in [-0.25, -0.2) is 9.07 Å². The molecule has 1 fully saturated rings. The third kappa shape index (κ3) is 6.94. The number of fused-ring (bicyclic) bond motifs is 1. The van der Waals surface area contributed by atoms with E-state index < -0.39 is 5.82 Å². The van der Waals surface area contributed by atoms with Crippen molar-refractivity contribution in [1.29, 1.82) is 5.26 Å². The molecular weight excluding hydrogens is 563 g/mol. The Morgan fingerprint density at radius 2 is 2.00 bits per heavy atom. The van der Waals surface area contributed by atoms with Crippen molar-refractivity contribution in [2.45, 2.75) is 38.8 Å². The van der Waals surface area contributed by atoms with Crippen molar-refractivity contribution in [2.75, 3.05) is 30.3 Å². The maximum absolute atomic E-state index is 13.8. The third-order valence-electron chi connectivity index (χ3n) is 7.68. The van der Waals surface area contributed by atoms with E-state index in [4.69, 9.17) is 11.6 Å². The fourth-order valence-corrected chi connectivity index (χ4v) is 5.41. The summed E-state index contributed by atoms with van der Waals surface area (Å²) in [6.07, 6.45) is 13.4. The first-order valence-electron chi connectivity index (χ1n) is 14.3. The summed E-state index contributed by atoms with van der Waals surface area (Å²) in [6, 6.07) is 12.2. The van der Waals surface area contributed by atoms with Crippen molar-refractivity contribution < 1.29 is 4.39 Å². The molecule has 220 valence electrons. The molecule has 2 N–H and O–H groups in total. The van der Waals surface area contributed by atoms with Gasteiger partial charge < -0.3 is 15.5 Å². The molecule has 0 amide bonds. The molecule has 5 rings (SSSR count). The first-order chi connectivity index (χ1) is 20.9. The normalized spacial score (nSPS) is 15.2. The van der Waals surface area contributed by atoms with E-state index in [1.807, 2.05) is 60.3 Å². The lowest BCUT2D eigenvalue weighted by Crippen LogP contribution is -2.34. The smallest absolute Gasteiger partial charge is 0.141 e. The highest BCUT2D eigenvalue weighted by Gasteiger charge is 2.24. The zero-order valence-corrected chi connectivity index (χ0v) is 25.0. The molecular formula is C33H34ClFN8. The summed E-state index contributed by atoms with van der Waals surface area (Å²) >= 11 is 6.02. The van der Waals surface area contributed by atoms with Crippen LogP contribution in [0.2, 0.25) is 5.02 Å². The second-order valence-electron chi connectivity index (χ2n) is 10.5. The van der Waals surface area contributed by atoms with E-state index in [-0.39, 0.29) is 11.1 Å². The van der Waals surface area contributed by atoms with Crippen LogP contribution in [-0.4, -0.2) is 44.5 Å². The van der Waals surface area contributed by atoms with Gasteiger partial charge in [0.15, 0.2) is 0 Å². The molecule has 43 heavy (non-hydrogen) atoms. The van der Waals surface area contributed by atoms with Crippen molar-refractivity contribution in [2.24, 2.45) is 0 Å². The van der Waals surface area contributed by atoms with Crippen LogP contribution in [0.25, 0.3) is 10.9 Å². The van der Waals surface area contributed by atoms with Crippen molar-refractivity contribution in [3.05, 3.63) is 107 Å². The van der Waals surface area contributed by atoms with Gasteiger partial charge in [-0.15, -0.1) is 5.10 Å². The zero-order valence-electron chi connectivity index (χ0n) is 24.3. The monoisotopic (exact) mass is 596 g/mol. The van der Waals surface area contributed by atoms with E-state index in [2.05, 4.69) is 50.4 Å². The van der Waals surface area contributed by atoms with Crippen LogP contribution in [0, 0.1) is 17.1 Å². The topological polar surface area (TPSA) is 94.7 Å². The summed E-state index contributed by atoms with van der Waals surface area (Å²) < 4.78 is 15.8. The Kier molecular flexibility index (Phi) is 9.50. The molecule has 4 aromatic rings. The number of nitriles is 1. The lowest BCUT2D eigenvalue weighted by molar-refractivity contribution is 0.186. The molecule has 0 radical (unpaired) electrons. The van der Waals surface area contributed by atoms with E-state index in [0.29, 0.717) is 33.9 Å². The Hall–Kier alpha value is -4.52. The maximum atomic E-state index is 13.8. The van der Waals surface area contributed by atoms with Gasteiger partial charge in [0, 0.05) is 36.0 Å². The number of nitrogens with one attached hydrogen (secondary N) is 2. The highest BCUT2D eigenvalue weighted by molar-refractivity contribution is 6.31. The van der Waals surface area contributed by atoms with Crippen LogP contribution in [0.3, 0.4) is 0 Å². The van der Waals surface area contributed by atoms with Gasteiger partial charge in [0.2, 0.25) is 0 Å². The molecule has 1 aliphatic rings. The number of pyridine rings is 1. The Bertz CT molecular complexity index is 1710. The molecule has 0 spiro atoms. The molecule has 0 aliphatic carbocycles. The lowest BCUT2D eigenvalue weighted by Gasteiger charge is -2.30. The number of anilines is 3. The Morgan fingerprint density at radius 3 is 2.72 bits per heavy atom. The SMILES string of the molecule is C=C(/C=C\C=C/C)[C@H](Nc1ccc2ncc(C#N)c(Nc3ccc(F)c(Cl)c3)c2c1)c1cn(C2CCN(CC)CC2)nn1. The average Bonchev–Trinajstić information content (AvgIpc) is 3.52. The quantitative estimate of drug-likeness (QED) is 0.181. The Morgan fingerprint density at radius 1 is 1.21 bits per heavy atom. The number of aromatic nitrogens is 4. The molecule has 0 unspecified atom stereocenters. The number of nitrogens with zero attached hydrogens (tertiary/aromatic N) is 6. The lowest BCUT2D eigenvalue weighted by atomic mass is 10.0. The number of hydrogen-bond donors (Lipinski definition) is 2. The van der Waals surface area contributed by atoms with Crippen LogP contribution in [0.1, 0.15) is 50.0 Å². The number of benzene rings is 2. The number of piperidine rings is 1. The van der Waals surface area contributed by atoms with Gasteiger partial charge in [0.25, 0.3) is 0 Å². The number of rotatable bonds is 10. The standard InChI is InChI=1S/C33H34ClFN8/c1-4-6-7-8-22(3)32(31-21-43(41-40-31)26-13-15-42(5-2)16-14-26)38-24-10-12-30-27(17-24)33(23(19-36)20-37-30)39-25-9-11-29(35)28(34)18-25/h4,6-12,17-18,20-21,26,32,38H,3,5,13-16H2,1-2H3,(H,37,39)/b6-4-,8-7-/t32-/m0/s1. The molecule has 8 nitrogen and oxygen atoms in total. The van der Waals surface area contributed by atoms with E-state index in [1.54, 1.807) is 6.07 Å². The second kappa shape index (κ2) is 13.6. The molecule has 10 heteroatoms. The number of hydrogen-bond acceptors (Lipinski definition) is 7. The summed E-state index contributed by atoms with van der Waals surface area (Å²) in [5.41, 5.74) is 4.49. The first-order valence-corrected chi connectivity index (χ1v) is 14.7. The molecule has 1 atom stereocenters. The second-order valence-corrected chi connectivity index (χ2v) is 10.9. The predicted octanol–water partition coefficient (Wildman–Crippen LogP) is 7.73. The van der Waals surface area contributed by atoms with Crippen molar-refractivity contribution in [3.63, 3.8) is 0 Å². The summed E-state index contributed by atoms with van der Waals surface area (Å²) in [6.45, 7) is 11.7. The number of likely N-dealkylation sites (tertiary alicyclic amines) is 1. The number of allylic oxidation sites excluding steroid dienone is 3. The molecule has 0 bridgehead atoms. The minimum atomic E-state index is -0.517. The van der Waals surface area contributed by atoms with E-state index in [0.717, 1.165) is 49.4 Å². The van der Waals surface area contributed by atoms with Crippen LogP contribution in [0.5, 0.6) is 0 Å². The highest BCUT2D eigenvalue weighted by Crippen LogP contribution is 2.34. The van der Waals surface area contributed by atoms with Crippen LogP contribution in [0.4, 0.5) is 21.5 Å².